The van der Waals surface area contributed by atoms with E-state index in [1.807, 2.05) is 0 Å². The van der Waals surface area contributed by atoms with Crippen LogP contribution in [0.4, 0.5) is 11.1 Å². The van der Waals surface area contributed by atoms with Gasteiger partial charge in [0.15, 0.2) is 4.34 Å². The summed E-state index contributed by atoms with van der Waals surface area (Å²) in [6.45, 7) is 1.29. The number of hydrogen-bond acceptors (Lipinski definition) is 9. The number of methoxy groups -OCH3 is 1. The number of rotatable bonds is 6. The number of nitrogens with one attached hydrogen (secondary N) is 1. The summed E-state index contributed by atoms with van der Waals surface area (Å²) in [6, 6.07) is 1.63. The predicted molar refractivity (Wildman–Crippen MR) is 75.9 cm³/mol. The Labute approximate surface area is 123 Å². The largest absolute Gasteiger partial charge is 0.383 e. The molecule has 0 spiro atoms. The lowest BCUT2D eigenvalue weighted by Crippen LogP contribution is -2.06. The van der Waals surface area contributed by atoms with Crippen molar-refractivity contribution in [2.75, 3.05) is 31.3 Å². The van der Waals surface area contributed by atoms with Crippen LogP contribution in [0.5, 0.6) is 0 Å². The second-order valence-corrected chi connectivity index (χ2v) is 5.91. The Morgan fingerprint density at radius 3 is 3.05 bits per heavy atom. The lowest BCUT2D eigenvalue weighted by molar-refractivity contribution is 0.211. The van der Waals surface area contributed by atoms with Gasteiger partial charge in [-0.05, 0) is 11.8 Å². The standard InChI is InChI=1S/C9H11ClN6OS2/c1-17-3-2-12-8-15-16-9(19-8)18-6-4-5(10)13-7(11)14-6/h4H,2-3H2,1H3,(H,12,15)(H2,11,13,14). The molecule has 3 N–H and O–H groups in total. The van der Waals surface area contributed by atoms with Gasteiger partial charge in [-0.25, -0.2) is 9.97 Å². The van der Waals surface area contributed by atoms with Gasteiger partial charge in [-0.1, -0.05) is 22.9 Å². The van der Waals surface area contributed by atoms with Crippen LogP contribution in [-0.4, -0.2) is 40.4 Å². The summed E-state index contributed by atoms with van der Waals surface area (Å²) in [4.78, 5) is 7.85. The topological polar surface area (TPSA) is 98.8 Å². The molecule has 2 rings (SSSR count). The summed E-state index contributed by atoms with van der Waals surface area (Å²) in [5.41, 5.74) is 5.52. The van der Waals surface area contributed by atoms with Gasteiger partial charge in [0.25, 0.3) is 0 Å². The van der Waals surface area contributed by atoms with Crippen LogP contribution in [0.2, 0.25) is 5.15 Å². The predicted octanol–water partition coefficient (Wildman–Crippen LogP) is 1.77. The molecule has 10 heteroatoms. The Hall–Kier alpha value is -1.16. The first kappa shape index (κ1) is 14.3. The lowest BCUT2D eigenvalue weighted by atomic mass is 10.7. The number of aromatic nitrogens is 4. The van der Waals surface area contributed by atoms with E-state index in [0.717, 1.165) is 9.47 Å². The van der Waals surface area contributed by atoms with Crippen LogP contribution < -0.4 is 11.1 Å². The van der Waals surface area contributed by atoms with E-state index in [-0.39, 0.29) is 5.95 Å². The Bertz CT molecular complexity index is 531. The van der Waals surface area contributed by atoms with Crippen molar-refractivity contribution in [3.63, 3.8) is 0 Å². The maximum atomic E-state index is 5.80. The highest BCUT2D eigenvalue weighted by atomic mass is 35.5. The molecule has 0 unspecified atom stereocenters. The van der Waals surface area contributed by atoms with Gasteiger partial charge in [0.05, 0.1) is 6.61 Å². The molecule has 0 bridgehead atoms. The Balaban J connectivity index is 1.99. The van der Waals surface area contributed by atoms with Crippen molar-refractivity contribution in [2.45, 2.75) is 9.37 Å². The highest BCUT2D eigenvalue weighted by Crippen LogP contribution is 2.31. The average Bonchev–Trinajstić information content (AvgIpc) is 2.76. The van der Waals surface area contributed by atoms with Crippen LogP contribution in [-0.2, 0) is 4.74 Å². The Kier molecular flexibility index (Phi) is 5.14. The summed E-state index contributed by atoms with van der Waals surface area (Å²) in [5, 5.41) is 12.8. The molecule has 0 fully saturated rings. The normalized spacial score (nSPS) is 10.6. The number of halogens is 1. The maximum absolute atomic E-state index is 5.80. The smallest absolute Gasteiger partial charge is 0.222 e. The molecule has 0 radical (unpaired) electrons. The van der Waals surface area contributed by atoms with Gasteiger partial charge < -0.3 is 15.8 Å². The average molecular weight is 319 g/mol. The zero-order valence-corrected chi connectivity index (χ0v) is 12.3. The molecule has 7 nitrogen and oxygen atoms in total. The van der Waals surface area contributed by atoms with Crippen LogP contribution in [0, 0.1) is 0 Å². The van der Waals surface area contributed by atoms with Gasteiger partial charge in [0, 0.05) is 19.7 Å². The molecule has 2 heterocycles. The summed E-state index contributed by atoms with van der Waals surface area (Å²) in [6.07, 6.45) is 0. The third-order valence-electron chi connectivity index (χ3n) is 1.87. The monoisotopic (exact) mass is 318 g/mol. The fourth-order valence-corrected chi connectivity index (χ4v) is 3.13. The van der Waals surface area contributed by atoms with E-state index in [4.69, 9.17) is 22.1 Å². The van der Waals surface area contributed by atoms with Gasteiger partial charge in [0.1, 0.15) is 10.2 Å². The van der Waals surface area contributed by atoms with Crippen molar-refractivity contribution in [3.8, 4) is 0 Å². The first-order valence-corrected chi connectivity index (χ1v) is 7.22. The van der Waals surface area contributed by atoms with Crippen LogP contribution >= 0.6 is 34.7 Å². The van der Waals surface area contributed by atoms with Crippen LogP contribution in [0.15, 0.2) is 15.4 Å². The highest BCUT2D eigenvalue weighted by Gasteiger charge is 2.08. The fourth-order valence-electron chi connectivity index (χ4n) is 1.14. The van der Waals surface area contributed by atoms with Gasteiger partial charge >= 0.3 is 0 Å². The first-order valence-electron chi connectivity index (χ1n) is 5.21. The van der Waals surface area contributed by atoms with E-state index in [1.54, 1.807) is 13.2 Å². The molecule has 0 aromatic carbocycles. The first-order chi connectivity index (χ1) is 9.17. The molecule has 0 aliphatic rings. The molecule has 0 amide bonds. The van der Waals surface area contributed by atoms with E-state index < -0.39 is 0 Å². The molecule has 19 heavy (non-hydrogen) atoms. The van der Waals surface area contributed by atoms with E-state index >= 15 is 0 Å². The van der Waals surface area contributed by atoms with Crippen LogP contribution in [0.3, 0.4) is 0 Å². The molecule has 0 aliphatic heterocycles. The molecular weight excluding hydrogens is 308 g/mol. The highest BCUT2D eigenvalue weighted by molar-refractivity contribution is 8.01. The fraction of sp³-hybridized carbons (Fsp3) is 0.333. The number of ether oxygens (including phenoxy) is 1. The SMILES string of the molecule is COCCNc1nnc(Sc2cc(Cl)nc(N)n2)s1. The zero-order valence-electron chi connectivity index (χ0n) is 9.96. The van der Waals surface area contributed by atoms with Crippen molar-refractivity contribution >= 4 is 45.8 Å². The molecule has 0 aliphatic carbocycles. The third kappa shape index (κ3) is 4.46. The van der Waals surface area contributed by atoms with E-state index in [1.165, 1.54) is 23.1 Å². The molecule has 0 saturated carbocycles. The Morgan fingerprint density at radius 2 is 2.32 bits per heavy atom. The molecule has 102 valence electrons. The molecule has 2 aromatic rings. The van der Waals surface area contributed by atoms with Gasteiger partial charge in [0.2, 0.25) is 11.1 Å². The lowest BCUT2D eigenvalue weighted by Gasteiger charge is -1.99. The Morgan fingerprint density at radius 1 is 1.47 bits per heavy atom. The van der Waals surface area contributed by atoms with Crippen LogP contribution in [0.25, 0.3) is 0 Å². The van der Waals surface area contributed by atoms with Gasteiger partial charge in [-0.15, -0.1) is 10.2 Å². The van der Waals surface area contributed by atoms with Crippen molar-refractivity contribution in [1.82, 2.24) is 20.2 Å². The number of nitrogen functional groups attached to an aromatic ring is 1. The minimum atomic E-state index is 0.137. The molecule has 0 saturated heterocycles. The minimum Gasteiger partial charge on any atom is -0.383 e. The van der Waals surface area contributed by atoms with Crippen molar-refractivity contribution < 1.29 is 4.74 Å². The molecule has 2 aromatic heterocycles. The van der Waals surface area contributed by atoms with Gasteiger partial charge in [-0.3, -0.25) is 0 Å². The van der Waals surface area contributed by atoms with E-state index in [2.05, 4.69) is 25.5 Å². The van der Waals surface area contributed by atoms with E-state index in [9.17, 15) is 0 Å². The number of nitrogens with zero attached hydrogens (tertiary/aromatic N) is 4. The second kappa shape index (κ2) is 6.85. The molecular formula is C9H11ClN6OS2. The number of hydrogen-bond donors (Lipinski definition) is 2. The zero-order chi connectivity index (χ0) is 13.7. The maximum Gasteiger partial charge on any atom is 0.222 e. The van der Waals surface area contributed by atoms with Crippen molar-refractivity contribution in [2.24, 2.45) is 0 Å². The van der Waals surface area contributed by atoms with Crippen LogP contribution in [0.1, 0.15) is 0 Å². The summed E-state index contributed by atoms with van der Waals surface area (Å²) in [7, 11) is 1.65. The summed E-state index contributed by atoms with van der Waals surface area (Å²) >= 11 is 8.56. The molecule has 0 atom stereocenters. The van der Waals surface area contributed by atoms with Crippen molar-refractivity contribution in [1.29, 1.82) is 0 Å². The minimum absolute atomic E-state index is 0.137. The summed E-state index contributed by atoms with van der Waals surface area (Å²) in [5.74, 6) is 0.137. The van der Waals surface area contributed by atoms with Gasteiger partial charge in [-0.2, -0.15) is 0 Å². The number of nitrogens with two attached hydrogens (primary N) is 1. The van der Waals surface area contributed by atoms with E-state index in [0.29, 0.717) is 23.3 Å². The third-order valence-corrected chi connectivity index (χ3v) is 3.91. The number of anilines is 2. The quantitative estimate of drug-likeness (QED) is 0.614. The summed E-state index contributed by atoms with van der Waals surface area (Å²) < 4.78 is 5.68. The second-order valence-electron chi connectivity index (χ2n) is 3.28. The van der Waals surface area contributed by atoms with Crippen molar-refractivity contribution in [3.05, 3.63) is 11.2 Å².